The minimum absolute atomic E-state index is 0.0502. The van der Waals surface area contributed by atoms with Crippen molar-refractivity contribution >= 4 is 27.3 Å². The number of carboxylic acids is 1. The van der Waals surface area contributed by atoms with Gasteiger partial charge >= 0.3 is 5.97 Å². The molecule has 0 aliphatic carbocycles. The summed E-state index contributed by atoms with van der Waals surface area (Å²) >= 11 is 1.09. The van der Waals surface area contributed by atoms with Gasteiger partial charge in [0.1, 0.15) is 0 Å². The molecule has 1 aromatic rings. The summed E-state index contributed by atoms with van der Waals surface area (Å²) in [7, 11) is -3.52. The van der Waals surface area contributed by atoms with Crippen molar-refractivity contribution in [3.63, 3.8) is 0 Å². The molecule has 0 aromatic carbocycles. The molecular formula is C8H10N2O4S2. The molecule has 0 unspecified atom stereocenters. The summed E-state index contributed by atoms with van der Waals surface area (Å²) in [5.74, 6) is -1.53. The Morgan fingerprint density at radius 1 is 1.62 bits per heavy atom. The Morgan fingerprint density at radius 2 is 2.25 bits per heavy atom. The zero-order valence-corrected chi connectivity index (χ0v) is 10.1. The van der Waals surface area contributed by atoms with Crippen LogP contribution in [0.25, 0.3) is 0 Å². The van der Waals surface area contributed by atoms with E-state index in [2.05, 4.69) is 4.98 Å². The summed E-state index contributed by atoms with van der Waals surface area (Å²) in [4.78, 5) is 14.4. The van der Waals surface area contributed by atoms with Crippen LogP contribution in [0.3, 0.4) is 0 Å². The van der Waals surface area contributed by atoms with Crippen molar-refractivity contribution in [3.8, 4) is 0 Å². The van der Waals surface area contributed by atoms with Gasteiger partial charge in [-0.15, -0.1) is 11.3 Å². The SMILES string of the molecule is Cc1ncc(S(=O)(=O)N2CC(C(=O)O)C2)s1. The highest BCUT2D eigenvalue weighted by Gasteiger charge is 2.41. The molecule has 8 heteroatoms. The maximum Gasteiger partial charge on any atom is 0.309 e. The van der Waals surface area contributed by atoms with E-state index in [9.17, 15) is 13.2 Å². The first kappa shape index (κ1) is 11.5. The third-order valence-electron chi connectivity index (χ3n) is 2.39. The highest BCUT2D eigenvalue weighted by Crippen LogP contribution is 2.28. The third-order valence-corrected chi connectivity index (χ3v) is 5.57. The minimum atomic E-state index is -3.52. The van der Waals surface area contributed by atoms with Gasteiger partial charge in [-0.25, -0.2) is 13.4 Å². The van der Waals surface area contributed by atoms with Gasteiger partial charge in [0, 0.05) is 13.1 Å². The van der Waals surface area contributed by atoms with Crippen LogP contribution in [-0.2, 0) is 14.8 Å². The summed E-state index contributed by atoms with van der Waals surface area (Å²) in [5, 5.41) is 9.34. The molecular weight excluding hydrogens is 252 g/mol. The summed E-state index contributed by atoms with van der Waals surface area (Å²) in [6.07, 6.45) is 1.31. The Kier molecular flexibility index (Phi) is 2.72. The fraction of sp³-hybridized carbons (Fsp3) is 0.500. The van der Waals surface area contributed by atoms with Crippen molar-refractivity contribution in [1.29, 1.82) is 0 Å². The maximum atomic E-state index is 11.9. The summed E-state index contributed by atoms with van der Waals surface area (Å²) in [6, 6.07) is 0. The molecule has 1 N–H and O–H groups in total. The molecule has 0 amide bonds. The van der Waals surface area contributed by atoms with Crippen molar-refractivity contribution < 1.29 is 18.3 Å². The number of aromatic nitrogens is 1. The van der Waals surface area contributed by atoms with Gasteiger partial charge in [-0.3, -0.25) is 4.79 Å². The fourth-order valence-corrected chi connectivity index (χ4v) is 4.17. The van der Waals surface area contributed by atoms with Gasteiger partial charge < -0.3 is 5.11 Å². The van der Waals surface area contributed by atoms with E-state index in [1.54, 1.807) is 6.92 Å². The van der Waals surface area contributed by atoms with Crippen LogP contribution in [0.5, 0.6) is 0 Å². The molecule has 1 aliphatic heterocycles. The summed E-state index contributed by atoms with van der Waals surface area (Å²) in [5.41, 5.74) is 0. The van der Waals surface area contributed by atoms with Crippen LogP contribution in [0.4, 0.5) is 0 Å². The molecule has 2 heterocycles. The zero-order valence-electron chi connectivity index (χ0n) is 8.45. The number of carbonyl (C=O) groups is 1. The summed E-state index contributed by atoms with van der Waals surface area (Å²) in [6.45, 7) is 1.82. The largest absolute Gasteiger partial charge is 0.481 e. The van der Waals surface area contributed by atoms with Crippen molar-refractivity contribution in [2.24, 2.45) is 5.92 Å². The van der Waals surface area contributed by atoms with Crippen LogP contribution in [0.15, 0.2) is 10.4 Å². The average Bonchev–Trinajstić information content (AvgIpc) is 2.47. The van der Waals surface area contributed by atoms with Crippen molar-refractivity contribution in [2.75, 3.05) is 13.1 Å². The van der Waals surface area contributed by atoms with Crippen LogP contribution in [0, 0.1) is 12.8 Å². The minimum Gasteiger partial charge on any atom is -0.481 e. The van der Waals surface area contributed by atoms with Gasteiger partial charge in [-0.05, 0) is 6.92 Å². The van der Waals surface area contributed by atoms with E-state index in [1.165, 1.54) is 10.5 Å². The number of aryl methyl sites for hydroxylation is 1. The number of nitrogens with zero attached hydrogens (tertiary/aromatic N) is 2. The maximum absolute atomic E-state index is 11.9. The molecule has 1 saturated heterocycles. The molecule has 6 nitrogen and oxygen atoms in total. The topological polar surface area (TPSA) is 87.6 Å². The number of hydrogen-bond donors (Lipinski definition) is 1. The Balaban J connectivity index is 2.14. The van der Waals surface area contributed by atoms with E-state index < -0.39 is 21.9 Å². The molecule has 0 radical (unpaired) electrons. The second-order valence-corrected chi connectivity index (χ2v) is 6.96. The average molecular weight is 262 g/mol. The fourth-order valence-electron chi connectivity index (χ4n) is 1.38. The Morgan fingerprint density at radius 3 is 2.69 bits per heavy atom. The lowest BCUT2D eigenvalue weighted by Gasteiger charge is -2.34. The predicted molar refractivity (Wildman–Crippen MR) is 56.7 cm³/mol. The third kappa shape index (κ3) is 1.83. The molecule has 1 fully saturated rings. The van der Waals surface area contributed by atoms with E-state index in [4.69, 9.17) is 5.11 Å². The number of hydrogen-bond acceptors (Lipinski definition) is 5. The number of carboxylic acid groups (broad SMARTS) is 1. The number of aliphatic carboxylic acids is 1. The number of rotatable bonds is 3. The molecule has 0 saturated carbocycles. The molecule has 0 bridgehead atoms. The van der Waals surface area contributed by atoms with E-state index in [0.29, 0.717) is 5.01 Å². The lowest BCUT2D eigenvalue weighted by molar-refractivity contribution is -0.145. The van der Waals surface area contributed by atoms with Gasteiger partial charge in [-0.1, -0.05) is 0 Å². The van der Waals surface area contributed by atoms with Crippen LogP contribution >= 0.6 is 11.3 Å². The predicted octanol–water partition coefficient (Wildman–Crippen LogP) is 0.157. The van der Waals surface area contributed by atoms with Gasteiger partial charge in [0.2, 0.25) is 0 Å². The summed E-state index contributed by atoms with van der Waals surface area (Å²) < 4.78 is 25.1. The van der Waals surface area contributed by atoms with E-state index in [-0.39, 0.29) is 17.3 Å². The van der Waals surface area contributed by atoms with Gasteiger partial charge in [0.15, 0.2) is 4.21 Å². The van der Waals surface area contributed by atoms with Crippen molar-refractivity contribution in [2.45, 2.75) is 11.1 Å². The standard InChI is InChI=1S/C8H10N2O4S2/c1-5-9-2-7(15-5)16(13,14)10-3-6(4-10)8(11)12/h2,6H,3-4H2,1H3,(H,11,12). The molecule has 88 valence electrons. The van der Waals surface area contributed by atoms with Crippen LogP contribution in [0.2, 0.25) is 0 Å². The smallest absolute Gasteiger partial charge is 0.309 e. The van der Waals surface area contributed by atoms with Gasteiger partial charge in [-0.2, -0.15) is 4.31 Å². The highest BCUT2D eigenvalue weighted by molar-refractivity contribution is 7.91. The second-order valence-electron chi connectivity index (χ2n) is 3.56. The van der Waals surface area contributed by atoms with Gasteiger partial charge in [0.05, 0.1) is 17.1 Å². The van der Waals surface area contributed by atoms with E-state index >= 15 is 0 Å². The molecule has 1 aliphatic rings. The molecule has 2 rings (SSSR count). The van der Waals surface area contributed by atoms with E-state index in [0.717, 1.165) is 11.3 Å². The quantitative estimate of drug-likeness (QED) is 0.838. The molecule has 1 aromatic heterocycles. The molecule has 0 atom stereocenters. The van der Waals surface area contributed by atoms with Crippen LogP contribution in [0.1, 0.15) is 5.01 Å². The Hall–Kier alpha value is -0.990. The Labute approximate surface area is 96.6 Å². The zero-order chi connectivity index (χ0) is 11.9. The van der Waals surface area contributed by atoms with Crippen molar-refractivity contribution in [1.82, 2.24) is 9.29 Å². The first-order chi connectivity index (χ1) is 7.41. The second kappa shape index (κ2) is 3.79. The molecule has 0 spiro atoms. The van der Waals surface area contributed by atoms with Crippen molar-refractivity contribution in [3.05, 3.63) is 11.2 Å². The first-order valence-electron chi connectivity index (χ1n) is 4.56. The normalized spacial score (nSPS) is 18.3. The Bertz CT molecular complexity index is 516. The van der Waals surface area contributed by atoms with E-state index in [1.807, 2.05) is 0 Å². The monoisotopic (exact) mass is 262 g/mol. The number of sulfonamides is 1. The highest BCUT2D eigenvalue weighted by atomic mass is 32.2. The number of thiazole rings is 1. The molecule has 16 heavy (non-hydrogen) atoms. The lowest BCUT2D eigenvalue weighted by Crippen LogP contribution is -2.52. The van der Waals surface area contributed by atoms with Crippen LogP contribution in [-0.4, -0.2) is 41.9 Å². The lowest BCUT2D eigenvalue weighted by atomic mass is 10.0. The van der Waals surface area contributed by atoms with Crippen LogP contribution < -0.4 is 0 Å². The van der Waals surface area contributed by atoms with Gasteiger partial charge in [0.25, 0.3) is 10.0 Å². The first-order valence-corrected chi connectivity index (χ1v) is 6.82.